The predicted molar refractivity (Wildman–Crippen MR) is 135 cm³/mol. The minimum Gasteiger partial charge on any atom is -0.480 e. The van der Waals surface area contributed by atoms with Crippen molar-refractivity contribution in [2.75, 3.05) is 30.3 Å². The van der Waals surface area contributed by atoms with Crippen LogP contribution in [0.15, 0.2) is 48.5 Å². The van der Waals surface area contributed by atoms with Crippen LogP contribution in [0, 0.1) is 0 Å². The number of halogens is 2. The molecule has 1 aliphatic rings. The molecule has 0 aliphatic carbocycles. The number of carbonyl (C=O) groups is 3. The Bertz CT molecular complexity index is 941. The summed E-state index contributed by atoms with van der Waals surface area (Å²) in [6.45, 7) is 1.01. The Morgan fingerprint density at radius 2 is 1.62 bits per heavy atom. The van der Waals surface area contributed by atoms with Crippen LogP contribution in [0.1, 0.15) is 28.8 Å². The molecule has 0 saturated carbocycles. The topological polar surface area (TPSA) is 176 Å². The number of nitrogen functional groups attached to an aromatic ring is 1. The molecule has 0 bridgehead atoms. The normalized spacial score (nSPS) is 12.8. The molecular weight excluding hydrogens is 485 g/mol. The molecular formula is C22H31Cl2N5O5. The standard InChI is InChI=1S/C16H17N3O3.C6H12N2O2.2ClH/c17-9-11-6-7-14(18)13(8-11)16(22)19(10-15(20)21)12-4-2-1-3-5-12;7-6(10)8-3-1-5(9)2-4-8;;/h1-8H,9-10,17-18H2,(H,20,21);5,9H,1-4H2,(H2,7,10);2*1H. The first-order chi connectivity index (χ1) is 15.2. The number of nitrogens with zero attached hydrogens (tertiary/aromatic N) is 2. The van der Waals surface area contributed by atoms with E-state index >= 15 is 0 Å². The molecule has 34 heavy (non-hydrogen) atoms. The van der Waals surface area contributed by atoms with E-state index in [0.717, 1.165) is 5.56 Å². The molecule has 2 aromatic carbocycles. The summed E-state index contributed by atoms with van der Waals surface area (Å²) in [4.78, 5) is 37.0. The Morgan fingerprint density at radius 3 is 2.12 bits per heavy atom. The SMILES string of the molecule is Cl.Cl.NC(=O)N1CCC(O)CC1.NCc1ccc(N)c(C(=O)N(CC(=O)O)c2ccccc2)c1. The maximum atomic E-state index is 12.7. The predicted octanol–water partition coefficient (Wildman–Crippen LogP) is 1.82. The minimum atomic E-state index is -1.11. The molecule has 1 heterocycles. The van der Waals surface area contributed by atoms with Crippen LogP contribution in [0.5, 0.6) is 0 Å². The summed E-state index contributed by atoms with van der Waals surface area (Å²) in [6.07, 6.45) is 1.07. The van der Waals surface area contributed by atoms with Crippen LogP contribution in [0.2, 0.25) is 0 Å². The molecule has 1 saturated heterocycles. The summed E-state index contributed by atoms with van der Waals surface area (Å²) in [5.41, 5.74) is 18.2. The Kier molecular flexibility index (Phi) is 13.6. The highest BCUT2D eigenvalue weighted by atomic mass is 35.5. The lowest BCUT2D eigenvalue weighted by atomic mass is 10.1. The summed E-state index contributed by atoms with van der Waals surface area (Å²) in [5, 5.41) is 18.1. The van der Waals surface area contributed by atoms with Gasteiger partial charge in [-0.15, -0.1) is 24.8 Å². The Hall–Kier alpha value is -3.05. The third kappa shape index (κ3) is 9.06. The number of aliphatic carboxylic acids is 1. The number of benzene rings is 2. The van der Waals surface area contributed by atoms with Crippen LogP contribution >= 0.6 is 24.8 Å². The first kappa shape index (κ1) is 31.0. The quantitative estimate of drug-likeness (QED) is 0.377. The molecule has 0 unspecified atom stereocenters. The number of carboxylic acid groups (broad SMARTS) is 1. The van der Waals surface area contributed by atoms with E-state index < -0.39 is 18.4 Å². The van der Waals surface area contributed by atoms with E-state index in [2.05, 4.69) is 0 Å². The van der Waals surface area contributed by atoms with E-state index in [1.165, 1.54) is 4.90 Å². The number of aliphatic hydroxyl groups excluding tert-OH is 1. The van der Waals surface area contributed by atoms with Crippen LogP contribution in [0.4, 0.5) is 16.2 Å². The average molecular weight is 516 g/mol. The molecule has 1 aliphatic heterocycles. The largest absolute Gasteiger partial charge is 0.480 e. The highest BCUT2D eigenvalue weighted by Crippen LogP contribution is 2.21. The van der Waals surface area contributed by atoms with Crippen LogP contribution in [0.25, 0.3) is 0 Å². The van der Waals surface area contributed by atoms with Gasteiger partial charge in [0.05, 0.1) is 11.7 Å². The molecule has 0 radical (unpaired) electrons. The molecule has 3 rings (SSSR count). The number of carboxylic acids is 1. The number of hydrogen-bond donors (Lipinski definition) is 5. The number of piperidine rings is 1. The summed E-state index contributed by atoms with van der Waals surface area (Å²) in [5.74, 6) is -1.58. The van der Waals surface area contributed by atoms with Crippen molar-refractivity contribution in [3.05, 3.63) is 59.7 Å². The summed E-state index contributed by atoms with van der Waals surface area (Å²) >= 11 is 0. The third-order valence-corrected chi connectivity index (χ3v) is 4.97. The van der Waals surface area contributed by atoms with Gasteiger partial charge >= 0.3 is 12.0 Å². The molecule has 1 fully saturated rings. The van der Waals surface area contributed by atoms with Crippen molar-refractivity contribution in [3.8, 4) is 0 Å². The first-order valence-corrected chi connectivity index (χ1v) is 10.1. The third-order valence-electron chi connectivity index (χ3n) is 4.97. The number of carbonyl (C=O) groups excluding carboxylic acids is 2. The number of hydrogen-bond acceptors (Lipinski definition) is 6. The number of anilines is 2. The number of aliphatic hydroxyl groups is 1. The van der Waals surface area contributed by atoms with Crippen LogP contribution in [-0.2, 0) is 11.3 Å². The summed E-state index contributed by atoms with van der Waals surface area (Å²) in [6, 6.07) is 13.1. The lowest BCUT2D eigenvalue weighted by Crippen LogP contribution is -2.42. The molecule has 8 N–H and O–H groups in total. The minimum absolute atomic E-state index is 0. The fraction of sp³-hybridized carbons (Fsp3) is 0.318. The van der Waals surface area contributed by atoms with Gasteiger partial charge in [-0.1, -0.05) is 24.3 Å². The number of nitrogens with two attached hydrogens (primary N) is 3. The van der Waals surface area contributed by atoms with Gasteiger partial charge in [0, 0.05) is 31.0 Å². The van der Waals surface area contributed by atoms with Gasteiger partial charge in [0.1, 0.15) is 6.54 Å². The highest BCUT2D eigenvalue weighted by molar-refractivity contribution is 6.11. The number of amides is 3. The van der Waals surface area contributed by atoms with Crippen molar-refractivity contribution in [3.63, 3.8) is 0 Å². The van der Waals surface area contributed by atoms with Gasteiger partial charge in [0.2, 0.25) is 0 Å². The zero-order chi connectivity index (χ0) is 23.7. The summed E-state index contributed by atoms with van der Waals surface area (Å²) in [7, 11) is 0. The lowest BCUT2D eigenvalue weighted by molar-refractivity contribution is -0.135. The van der Waals surface area contributed by atoms with Crippen LogP contribution in [-0.4, -0.2) is 58.8 Å². The van der Waals surface area contributed by atoms with E-state index in [9.17, 15) is 14.4 Å². The second-order valence-corrected chi connectivity index (χ2v) is 7.30. The van der Waals surface area contributed by atoms with Crippen molar-refractivity contribution < 1.29 is 24.6 Å². The van der Waals surface area contributed by atoms with E-state index in [1.807, 2.05) is 0 Å². The lowest BCUT2D eigenvalue weighted by Gasteiger charge is -2.27. The zero-order valence-electron chi connectivity index (χ0n) is 18.5. The molecule has 12 heteroatoms. The van der Waals surface area contributed by atoms with Crippen molar-refractivity contribution in [2.24, 2.45) is 11.5 Å². The van der Waals surface area contributed by atoms with E-state index in [-0.39, 0.29) is 54.7 Å². The number of likely N-dealkylation sites (tertiary alicyclic amines) is 1. The molecule has 2 aromatic rings. The van der Waals surface area contributed by atoms with Gasteiger partial charge in [-0.3, -0.25) is 14.5 Å². The maximum Gasteiger partial charge on any atom is 0.323 e. The van der Waals surface area contributed by atoms with Gasteiger partial charge in [-0.25, -0.2) is 4.79 Å². The van der Waals surface area contributed by atoms with Gasteiger partial charge in [-0.05, 0) is 42.7 Å². The molecule has 0 aromatic heterocycles. The van der Waals surface area contributed by atoms with Crippen LogP contribution in [0.3, 0.4) is 0 Å². The zero-order valence-corrected chi connectivity index (χ0v) is 20.1. The number of rotatable bonds is 5. The van der Waals surface area contributed by atoms with Gasteiger partial charge in [-0.2, -0.15) is 0 Å². The maximum absolute atomic E-state index is 12.7. The molecule has 0 atom stereocenters. The first-order valence-electron chi connectivity index (χ1n) is 10.1. The van der Waals surface area contributed by atoms with Gasteiger partial charge < -0.3 is 32.3 Å². The second kappa shape index (κ2) is 15.0. The smallest absolute Gasteiger partial charge is 0.323 e. The molecule has 0 spiro atoms. The monoisotopic (exact) mass is 515 g/mol. The Balaban J connectivity index is 0.000000770. The number of para-hydroxylation sites is 1. The highest BCUT2D eigenvalue weighted by Gasteiger charge is 2.22. The van der Waals surface area contributed by atoms with Crippen LogP contribution < -0.4 is 22.1 Å². The van der Waals surface area contributed by atoms with Gasteiger partial charge in [0.25, 0.3) is 5.91 Å². The summed E-state index contributed by atoms with van der Waals surface area (Å²) < 4.78 is 0. The van der Waals surface area contributed by atoms with E-state index in [0.29, 0.717) is 31.6 Å². The second-order valence-electron chi connectivity index (χ2n) is 7.30. The van der Waals surface area contributed by atoms with Crippen molar-refractivity contribution in [2.45, 2.75) is 25.5 Å². The Labute approximate surface area is 210 Å². The number of primary amides is 1. The van der Waals surface area contributed by atoms with Crippen molar-refractivity contribution >= 4 is 54.1 Å². The van der Waals surface area contributed by atoms with Crippen molar-refractivity contribution in [1.29, 1.82) is 0 Å². The Morgan fingerprint density at radius 1 is 1.03 bits per heavy atom. The average Bonchev–Trinajstić information content (AvgIpc) is 2.78. The molecule has 188 valence electrons. The molecule has 10 nitrogen and oxygen atoms in total. The van der Waals surface area contributed by atoms with E-state index in [1.54, 1.807) is 53.4 Å². The number of urea groups is 1. The van der Waals surface area contributed by atoms with Crippen molar-refractivity contribution in [1.82, 2.24) is 4.90 Å². The molecule has 3 amide bonds. The fourth-order valence-corrected chi connectivity index (χ4v) is 3.17. The van der Waals surface area contributed by atoms with Gasteiger partial charge in [0.15, 0.2) is 0 Å². The van der Waals surface area contributed by atoms with E-state index in [4.69, 9.17) is 27.4 Å². The fourth-order valence-electron chi connectivity index (χ4n) is 3.17.